The molecule has 0 spiro atoms. The molecule has 1 aromatic carbocycles. The zero-order chi connectivity index (χ0) is 16.9. The third-order valence-electron chi connectivity index (χ3n) is 2.54. The first-order chi connectivity index (χ1) is 9.96. The second-order valence-electron chi connectivity index (χ2n) is 5.50. The molecule has 1 aromatic rings. The Kier molecular flexibility index (Phi) is 12.7. The van der Waals surface area contributed by atoms with Crippen molar-refractivity contribution in [3.05, 3.63) is 66.8 Å². The van der Waals surface area contributed by atoms with Gasteiger partial charge in [0, 0.05) is 0 Å². The third-order valence-corrected chi connectivity index (χ3v) is 2.54. The predicted molar refractivity (Wildman–Crippen MR) is 101 cm³/mol. The maximum absolute atomic E-state index is 4.50. The van der Waals surface area contributed by atoms with Crippen LogP contribution in [0.15, 0.2) is 55.7 Å². The van der Waals surface area contributed by atoms with Crippen LogP contribution in [0, 0.1) is 5.41 Å². The van der Waals surface area contributed by atoms with Crippen LogP contribution in [0.5, 0.6) is 0 Å². The average Bonchev–Trinajstić information content (AvgIpc) is 2.48. The fraction of sp³-hybridized carbons (Fsp3) is 0.400. The lowest BCUT2D eigenvalue weighted by molar-refractivity contribution is 0.411. The van der Waals surface area contributed by atoms with Gasteiger partial charge in [0.2, 0.25) is 0 Å². The van der Waals surface area contributed by atoms with Crippen molar-refractivity contribution in [3.63, 3.8) is 0 Å². The van der Waals surface area contributed by atoms with Crippen LogP contribution in [0.25, 0.3) is 5.57 Å². The Hall–Kier alpha value is -1.50. The van der Waals surface area contributed by atoms with Gasteiger partial charge in [-0.2, -0.15) is 0 Å². The van der Waals surface area contributed by atoms with Crippen LogP contribution in [0.4, 0.5) is 0 Å². The first-order valence-electron chi connectivity index (χ1n) is 7.58. The number of allylic oxidation sites excluding steroid dienone is 4. The van der Waals surface area contributed by atoms with Crippen molar-refractivity contribution >= 4 is 13.4 Å². The lowest BCUT2D eigenvalue weighted by Gasteiger charge is -2.18. The normalized spacial score (nSPS) is 10.5. The highest BCUT2D eigenvalue weighted by molar-refractivity contribution is 6.05. The smallest absolute Gasteiger partial charge is 0.0606 e. The molecule has 0 unspecified atom stereocenters. The monoisotopic (exact) mass is 282 g/mol. The molecule has 0 aliphatic carbocycles. The number of hydrogen-bond acceptors (Lipinski definition) is 0. The SMILES string of the molecule is C=C/C=C(\C=C)c1ccc(CC(C)(C)C)cc1.CC.[B]C. The fourth-order valence-corrected chi connectivity index (χ4v) is 1.84. The molecule has 0 saturated heterocycles. The first-order valence-corrected chi connectivity index (χ1v) is 7.58. The van der Waals surface area contributed by atoms with Gasteiger partial charge in [0.1, 0.15) is 0 Å². The van der Waals surface area contributed by atoms with E-state index < -0.39 is 0 Å². The maximum Gasteiger partial charge on any atom is 0.0606 e. The molecule has 1 heteroatoms. The minimum atomic E-state index is 0.333. The first kappa shape index (κ1) is 21.8. The standard InChI is InChI=1S/C17H22.C2H6.CH3B/c1-6-8-15(7-2)16-11-9-14(10-12-16)13-17(3,4)5;2*1-2/h6-12H,1-2,13H2,3-5H3;1-2H3;1H3/b15-8+;;. The summed E-state index contributed by atoms with van der Waals surface area (Å²) in [7, 11) is 4.50. The van der Waals surface area contributed by atoms with Crippen LogP contribution in [0.2, 0.25) is 6.82 Å². The van der Waals surface area contributed by atoms with E-state index >= 15 is 0 Å². The largest absolute Gasteiger partial charge is 0.0999 e. The summed E-state index contributed by atoms with van der Waals surface area (Å²) in [6.07, 6.45) is 6.73. The van der Waals surface area contributed by atoms with E-state index in [1.807, 2.05) is 26.0 Å². The second kappa shape index (κ2) is 12.3. The van der Waals surface area contributed by atoms with E-state index in [-0.39, 0.29) is 0 Å². The molecule has 114 valence electrons. The molecule has 2 radical (unpaired) electrons. The number of rotatable bonds is 4. The second-order valence-corrected chi connectivity index (χ2v) is 5.50. The quantitative estimate of drug-likeness (QED) is 0.451. The lowest BCUT2D eigenvalue weighted by atomic mass is 9.87. The number of hydrogen-bond donors (Lipinski definition) is 0. The summed E-state index contributed by atoms with van der Waals surface area (Å²) in [6, 6.07) is 8.69. The summed E-state index contributed by atoms with van der Waals surface area (Å²) in [5.74, 6) is 0. The molecule has 0 fully saturated rings. The van der Waals surface area contributed by atoms with Crippen molar-refractivity contribution in [1.82, 2.24) is 0 Å². The van der Waals surface area contributed by atoms with Crippen LogP contribution in [-0.4, -0.2) is 7.85 Å². The average molecular weight is 282 g/mol. The van der Waals surface area contributed by atoms with E-state index in [4.69, 9.17) is 0 Å². The summed E-state index contributed by atoms with van der Waals surface area (Å²) in [5.41, 5.74) is 4.02. The van der Waals surface area contributed by atoms with Gasteiger partial charge >= 0.3 is 0 Å². The minimum absolute atomic E-state index is 0.333. The van der Waals surface area contributed by atoms with Crippen molar-refractivity contribution in [1.29, 1.82) is 0 Å². The molecule has 0 bridgehead atoms. The Morgan fingerprint density at radius 3 is 1.86 bits per heavy atom. The topological polar surface area (TPSA) is 0 Å². The van der Waals surface area contributed by atoms with Gasteiger partial charge in [-0.25, -0.2) is 0 Å². The van der Waals surface area contributed by atoms with Crippen LogP contribution in [-0.2, 0) is 6.42 Å². The Bertz CT molecular complexity index is 416. The summed E-state index contributed by atoms with van der Waals surface area (Å²) < 4.78 is 0. The minimum Gasteiger partial charge on any atom is -0.0999 e. The molecule has 0 amide bonds. The van der Waals surface area contributed by atoms with Gasteiger partial charge in [0.05, 0.1) is 7.85 Å². The fourth-order valence-electron chi connectivity index (χ4n) is 1.84. The van der Waals surface area contributed by atoms with Gasteiger partial charge in [0.25, 0.3) is 0 Å². The summed E-state index contributed by atoms with van der Waals surface area (Å²) in [4.78, 5) is 0. The predicted octanol–water partition coefficient (Wildman–Crippen LogP) is 6.26. The highest BCUT2D eigenvalue weighted by Gasteiger charge is 2.10. The van der Waals surface area contributed by atoms with Crippen molar-refractivity contribution in [2.45, 2.75) is 47.9 Å². The van der Waals surface area contributed by atoms with E-state index in [1.165, 1.54) is 17.9 Å². The maximum atomic E-state index is 4.50. The molecule has 0 saturated carbocycles. The Balaban J connectivity index is 0. The molecule has 0 nitrogen and oxygen atoms in total. The molecular formula is C20H31B. The third kappa shape index (κ3) is 9.95. The lowest BCUT2D eigenvalue weighted by Crippen LogP contribution is -2.08. The Morgan fingerprint density at radius 1 is 1.05 bits per heavy atom. The van der Waals surface area contributed by atoms with E-state index in [9.17, 15) is 0 Å². The molecule has 0 heterocycles. The van der Waals surface area contributed by atoms with Crippen LogP contribution >= 0.6 is 0 Å². The van der Waals surface area contributed by atoms with Crippen molar-refractivity contribution in [3.8, 4) is 0 Å². The molecule has 0 aromatic heterocycles. The van der Waals surface area contributed by atoms with E-state index in [0.29, 0.717) is 5.41 Å². The van der Waals surface area contributed by atoms with Crippen molar-refractivity contribution in [2.24, 2.45) is 5.41 Å². The molecular weight excluding hydrogens is 251 g/mol. The molecule has 0 aliphatic rings. The summed E-state index contributed by atoms with van der Waals surface area (Å²) >= 11 is 0. The van der Waals surface area contributed by atoms with E-state index in [0.717, 1.165) is 12.0 Å². The van der Waals surface area contributed by atoms with Gasteiger partial charge in [-0.05, 0) is 28.5 Å². The van der Waals surface area contributed by atoms with E-state index in [1.54, 1.807) is 6.08 Å². The zero-order valence-corrected chi connectivity index (χ0v) is 14.7. The van der Waals surface area contributed by atoms with Crippen molar-refractivity contribution in [2.75, 3.05) is 0 Å². The number of benzene rings is 1. The molecule has 1 rings (SSSR count). The van der Waals surface area contributed by atoms with Crippen molar-refractivity contribution < 1.29 is 0 Å². The highest BCUT2D eigenvalue weighted by atomic mass is 14.2. The van der Waals surface area contributed by atoms with Gasteiger partial charge in [-0.3, -0.25) is 0 Å². The van der Waals surface area contributed by atoms with Crippen LogP contribution < -0.4 is 0 Å². The molecule has 0 N–H and O–H groups in total. The van der Waals surface area contributed by atoms with Crippen LogP contribution in [0.3, 0.4) is 0 Å². The molecule has 0 aliphatic heterocycles. The molecule has 21 heavy (non-hydrogen) atoms. The summed E-state index contributed by atoms with van der Waals surface area (Å²) in [5, 5.41) is 0. The van der Waals surface area contributed by atoms with Gasteiger partial charge in [0.15, 0.2) is 0 Å². The molecule has 0 atom stereocenters. The van der Waals surface area contributed by atoms with Gasteiger partial charge in [-0.15, -0.1) is 0 Å². The van der Waals surface area contributed by atoms with Gasteiger partial charge in [-0.1, -0.05) is 97.1 Å². The van der Waals surface area contributed by atoms with E-state index in [2.05, 4.69) is 66.0 Å². The Morgan fingerprint density at radius 2 is 1.52 bits per heavy atom. The van der Waals surface area contributed by atoms with Crippen LogP contribution in [0.1, 0.15) is 45.7 Å². The zero-order valence-electron chi connectivity index (χ0n) is 14.7. The Labute approximate surface area is 134 Å². The highest BCUT2D eigenvalue weighted by Crippen LogP contribution is 2.22. The summed E-state index contributed by atoms with van der Waals surface area (Å²) in [6.45, 7) is 19.8. The van der Waals surface area contributed by atoms with Gasteiger partial charge < -0.3 is 0 Å².